The highest BCUT2D eigenvalue weighted by Gasteiger charge is 2.39. The lowest BCUT2D eigenvalue weighted by molar-refractivity contribution is -0.138. The average molecular weight is 706 g/mol. The van der Waals surface area contributed by atoms with Crippen molar-refractivity contribution in [2.24, 2.45) is 5.41 Å². The van der Waals surface area contributed by atoms with E-state index in [1.54, 1.807) is 6.07 Å². The van der Waals surface area contributed by atoms with Crippen LogP contribution in [0.15, 0.2) is 73.2 Å². The van der Waals surface area contributed by atoms with E-state index in [2.05, 4.69) is 25.3 Å². The van der Waals surface area contributed by atoms with E-state index in [1.807, 2.05) is 18.4 Å². The lowest BCUT2D eigenvalue weighted by atomic mass is 9.87. The number of rotatable bonds is 9. The van der Waals surface area contributed by atoms with Crippen LogP contribution in [0.25, 0.3) is 28.1 Å². The Morgan fingerprint density at radius 1 is 1.06 bits per heavy atom. The molecule has 0 amide bonds. The maximum absolute atomic E-state index is 15.8. The number of hydrogen-bond donors (Lipinski definition) is 1. The topological polar surface area (TPSA) is 130 Å². The second kappa shape index (κ2) is 12.8. The summed E-state index contributed by atoms with van der Waals surface area (Å²) in [5, 5.41) is 16.8. The molecule has 1 atom stereocenters. The first-order valence-corrected chi connectivity index (χ1v) is 15.6. The zero-order valence-electron chi connectivity index (χ0n) is 27.0. The zero-order chi connectivity index (χ0) is 36.1. The van der Waals surface area contributed by atoms with Crippen LogP contribution < -0.4 is 4.74 Å². The number of imidazole rings is 1. The Hall–Kier alpha value is -5.77. The SMILES string of the molecule is CC1(C)COC[C@H]1n1c(Cc2cc(F)c(-c3cccc(OCc4cnc(-n5ccnn5)cc4C(F)(F)F)n3)cc2F)nc2ccc(C(=O)O)cc21. The zero-order valence-corrected chi connectivity index (χ0v) is 27.0. The molecule has 0 bridgehead atoms. The standard InChI is InChI=1S/C35H28F5N7O4/c1-34(2)18-50-17-29(34)47-28-11-19(33(48)49)6-7-27(28)43-31(47)12-20-10-25(37)22(13-24(20)36)26-4-3-5-32(44-26)51-16-21-15-41-30(46-9-8-42-45-46)14-23(21)35(38,39)40/h3-11,13-15,29H,12,16-18H2,1-2H3,(H,48,49)/t29-/m1/s1. The minimum absolute atomic E-state index is 0.00286. The Morgan fingerprint density at radius 3 is 2.59 bits per heavy atom. The van der Waals surface area contributed by atoms with Crippen molar-refractivity contribution >= 4 is 17.0 Å². The van der Waals surface area contributed by atoms with Crippen LogP contribution in [0.4, 0.5) is 22.0 Å². The Labute approximate surface area is 286 Å². The fourth-order valence-electron chi connectivity index (χ4n) is 6.12. The van der Waals surface area contributed by atoms with Crippen molar-refractivity contribution in [1.29, 1.82) is 0 Å². The van der Waals surface area contributed by atoms with Gasteiger partial charge in [0, 0.05) is 35.2 Å². The van der Waals surface area contributed by atoms with Gasteiger partial charge in [-0.3, -0.25) is 0 Å². The number of benzene rings is 2. The molecule has 1 aliphatic heterocycles. The third-order valence-electron chi connectivity index (χ3n) is 8.77. The minimum atomic E-state index is -4.74. The highest BCUT2D eigenvalue weighted by atomic mass is 19.4. The Kier molecular flexibility index (Phi) is 8.49. The van der Waals surface area contributed by atoms with Gasteiger partial charge in [-0.2, -0.15) is 13.2 Å². The van der Waals surface area contributed by atoms with Gasteiger partial charge in [0.1, 0.15) is 24.1 Å². The molecule has 1 N–H and O–H groups in total. The summed E-state index contributed by atoms with van der Waals surface area (Å²) in [7, 11) is 0. The van der Waals surface area contributed by atoms with Crippen LogP contribution in [0.1, 0.15) is 52.8 Å². The minimum Gasteiger partial charge on any atom is -0.478 e. The monoisotopic (exact) mass is 705 g/mol. The van der Waals surface area contributed by atoms with Crippen molar-refractivity contribution in [3.63, 3.8) is 0 Å². The number of carboxylic acids is 1. The van der Waals surface area contributed by atoms with E-state index < -0.39 is 36.0 Å². The predicted octanol–water partition coefficient (Wildman–Crippen LogP) is 6.84. The number of carbonyl (C=O) groups is 1. The summed E-state index contributed by atoms with van der Waals surface area (Å²) < 4.78 is 87.5. The van der Waals surface area contributed by atoms with Crippen LogP contribution in [-0.2, 0) is 23.9 Å². The molecule has 4 aromatic heterocycles. The van der Waals surface area contributed by atoms with Gasteiger partial charge in [0.25, 0.3) is 0 Å². The third-order valence-corrected chi connectivity index (χ3v) is 8.77. The molecule has 51 heavy (non-hydrogen) atoms. The normalized spacial score (nSPS) is 15.8. The first kappa shape index (κ1) is 33.7. The van der Waals surface area contributed by atoms with Crippen molar-refractivity contribution in [2.75, 3.05) is 13.2 Å². The van der Waals surface area contributed by atoms with Gasteiger partial charge in [0.15, 0.2) is 5.82 Å². The molecule has 0 unspecified atom stereocenters. The second-order valence-electron chi connectivity index (χ2n) is 12.7. The maximum Gasteiger partial charge on any atom is 0.416 e. The number of aromatic nitrogens is 7. The van der Waals surface area contributed by atoms with Crippen molar-refractivity contribution in [3.05, 3.63) is 113 Å². The van der Waals surface area contributed by atoms with Gasteiger partial charge in [-0.15, -0.1) is 5.10 Å². The van der Waals surface area contributed by atoms with E-state index in [0.717, 1.165) is 29.1 Å². The van der Waals surface area contributed by atoms with Crippen LogP contribution in [0, 0.1) is 17.0 Å². The smallest absolute Gasteiger partial charge is 0.416 e. The molecule has 1 fully saturated rings. The van der Waals surface area contributed by atoms with Crippen molar-refractivity contribution in [3.8, 4) is 23.0 Å². The molecule has 0 aliphatic carbocycles. The summed E-state index contributed by atoms with van der Waals surface area (Å²) in [5.41, 5.74) is -0.744. The molecule has 16 heteroatoms. The number of alkyl halides is 3. The summed E-state index contributed by atoms with van der Waals surface area (Å²) in [6, 6.07) is 11.4. The molecular weight excluding hydrogens is 677 g/mol. The quantitative estimate of drug-likeness (QED) is 0.161. The number of fused-ring (bicyclic) bond motifs is 1. The summed E-state index contributed by atoms with van der Waals surface area (Å²) in [4.78, 5) is 24.7. The predicted molar refractivity (Wildman–Crippen MR) is 171 cm³/mol. The Bertz CT molecular complexity index is 2270. The molecule has 2 aromatic carbocycles. The first-order valence-electron chi connectivity index (χ1n) is 15.6. The lowest BCUT2D eigenvalue weighted by Crippen LogP contribution is -2.27. The fraction of sp³-hybridized carbons (Fsp3) is 0.257. The summed E-state index contributed by atoms with van der Waals surface area (Å²) >= 11 is 0. The molecule has 1 aliphatic rings. The van der Waals surface area contributed by atoms with E-state index in [0.29, 0.717) is 30.1 Å². The number of aromatic carboxylic acids is 1. The van der Waals surface area contributed by atoms with E-state index in [-0.39, 0.29) is 57.5 Å². The average Bonchev–Trinajstić information content (AvgIpc) is 3.83. The molecule has 6 aromatic rings. The maximum atomic E-state index is 15.8. The van der Waals surface area contributed by atoms with Gasteiger partial charge in [-0.1, -0.05) is 25.1 Å². The highest BCUT2D eigenvalue weighted by Crippen LogP contribution is 2.41. The van der Waals surface area contributed by atoms with E-state index in [9.17, 15) is 23.1 Å². The number of pyridine rings is 2. The molecule has 262 valence electrons. The molecular formula is C35H28F5N7O4. The largest absolute Gasteiger partial charge is 0.478 e. The van der Waals surface area contributed by atoms with Crippen LogP contribution >= 0.6 is 0 Å². The third kappa shape index (κ3) is 6.61. The van der Waals surface area contributed by atoms with Gasteiger partial charge in [0.2, 0.25) is 5.88 Å². The molecule has 0 saturated carbocycles. The van der Waals surface area contributed by atoms with Gasteiger partial charge < -0.3 is 19.1 Å². The number of nitrogens with zero attached hydrogens (tertiary/aromatic N) is 7. The van der Waals surface area contributed by atoms with Crippen molar-refractivity contribution < 1.29 is 41.3 Å². The van der Waals surface area contributed by atoms with Crippen LogP contribution in [0.5, 0.6) is 5.88 Å². The first-order chi connectivity index (χ1) is 24.3. The molecule has 7 rings (SSSR count). The summed E-state index contributed by atoms with van der Waals surface area (Å²) in [6.07, 6.45) is -1.19. The van der Waals surface area contributed by atoms with E-state index in [4.69, 9.17) is 9.47 Å². The fourth-order valence-corrected chi connectivity index (χ4v) is 6.12. The number of hydrogen-bond acceptors (Lipinski definition) is 8. The Balaban J connectivity index is 1.16. The number of halogens is 5. The number of carboxylic acid groups (broad SMARTS) is 1. The van der Waals surface area contributed by atoms with E-state index in [1.165, 1.54) is 42.7 Å². The van der Waals surface area contributed by atoms with Crippen LogP contribution in [-0.4, -0.2) is 58.8 Å². The number of ether oxygens (including phenoxy) is 2. The molecule has 5 heterocycles. The lowest BCUT2D eigenvalue weighted by Gasteiger charge is -2.28. The summed E-state index contributed by atoms with van der Waals surface area (Å²) in [6.45, 7) is 4.21. The summed E-state index contributed by atoms with van der Waals surface area (Å²) in [5.74, 6) is -2.48. The second-order valence-corrected chi connectivity index (χ2v) is 12.7. The van der Waals surface area contributed by atoms with Crippen LogP contribution in [0.2, 0.25) is 0 Å². The Morgan fingerprint density at radius 2 is 1.88 bits per heavy atom. The van der Waals surface area contributed by atoms with Crippen molar-refractivity contribution in [1.82, 2.24) is 34.5 Å². The van der Waals surface area contributed by atoms with Crippen LogP contribution in [0.3, 0.4) is 0 Å². The van der Waals surface area contributed by atoms with E-state index >= 15 is 8.78 Å². The molecule has 0 spiro atoms. The van der Waals surface area contributed by atoms with Crippen molar-refractivity contribution in [2.45, 2.75) is 39.1 Å². The molecule has 0 radical (unpaired) electrons. The van der Waals surface area contributed by atoms with Gasteiger partial charge in [-0.05, 0) is 48.0 Å². The van der Waals surface area contributed by atoms with Gasteiger partial charge in [0.05, 0.1) is 59.5 Å². The highest BCUT2D eigenvalue weighted by molar-refractivity contribution is 5.92. The molecule has 1 saturated heterocycles. The van der Waals surface area contributed by atoms with Gasteiger partial charge >= 0.3 is 12.1 Å². The van der Waals surface area contributed by atoms with Gasteiger partial charge in [-0.25, -0.2) is 33.2 Å². The molecule has 11 nitrogen and oxygen atoms in total.